The second kappa shape index (κ2) is 6.11. The first-order valence-corrected chi connectivity index (χ1v) is 7.08. The number of amides is 1. The third-order valence-electron chi connectivity index (χ3n) is 3.22. The van der Waals surface area contributed by atoms with Gasteiger partial charge in [0.05, 0.1) is 4.88 Å². The molecule has 0 atom stereocenters. The van der Waals surface area contributed by atoms with Crippen molar-refractivity contribution in [1.29, 1.82) is 0 Å². The quantitative estimate of drug-likeness (QED) is 0.775. The summed E-state index contributed by atoms with van der Waals surface area (Å²) in [6.45, 7) is 3.40. The van der Waals surface area contributed by atoms with E-state index in [1.807, 2.05) is 22.4 Å². The molecule has 0 radical (unpaired) electrons. The van der Waals surface area contributed by atoms with E-state index in [1.165, 1.54) is 11.3 Å². The lowest BCUT2D eigenvalue weighted by Crippen LogP contribution is -2.47. The predicted molar refractivity (Wildman–Crippen MR) is 72.0 cm³/mol. The number of piperazine rings is 1. The molecule has 2 heterocycles. The van der Waals surface area contributed by atoms with Crippen LogP contribution in [0.4, 0.5) is 0 Å². The highest BCUT2D eigenvalue weighted by Crippen LogP contribution is 2.13. The molecule has 1 aliphatic rings. The summed E-state index contributed by atoms with van der Waals surface area (Å²) in [5.41, 5.74) is 0. The maximum atomic E-state index is 11.9. The molecule has 1 saturated heterocycles. The number of hydrogen-bond acceptors (Lipinski definition) is 4. The molecular weight excluding hydrogens is 248 g/mol. The van der Waals surface area contributed by atoms with E-state index in [4.69, 9.17) is 0 Å². The summed E-state index contributed by atoms with van der Waals surface area (Å²) in [4.78, 5) is 28.5. The van der Waals surface area contributed by atoms with Gasteiger partial charge < -0.3 is 9.80 Å². The fraction of sp³-hybridized carbons (Fsp3) is 0.538. The lowest BCUT2D eigenvalue weighted by Gasteiger charge is -2.32. The Kier molecular flexibility index (Phi) is 4.49. The van der Waals surface area contributed by atoms with Gasteiger partial charge in [-0.2, -0.15) is 0 Å². The highest BCUT2D eigenvalue weighted by molar-refractivity contribution is 7.12. The van der Waals surface area contributed by atoms with E-state index in [0.29, 0.717) is 12.8 Å². The molecule has 98 valence electrons. The van der Waals surface area contributed by atoms with Crippen LogP contribution in [0, 0.1) is 0 Å². The van der Waals surface area contributed by atoms with E-state index in [2.05, 4.69) is 11.9 Å². The molecule has 5 heteroatoms. The Morgan fingerprint density at radius 1 is 1.22 bits per heavy atom. The molecule has 0 aliphatic carbocycles. The van der Waals surface area contributed by atoms with Crippen molar-refractivity contribution in [3.63, 3.8) is 0 Å². The molecule has 0 bridgehead atoms. The van der Waals surface area contributed by atoms with Gasteiger partial charge in [0.25, 0.3) is 0 Å². The van der Waals surface area contributed by atoms with E-state index < -0.39 is 0 Å². The summed E-state index contributed by atoms with van der Waals surface area (Å²) in [6.07, 6.45) is 0.659. The van der Waals surface area contributed by atoms with Crippen LogP contribution in [-0.4, -0.2) is 54.7 Å². The number of Topliss-reactive ketones (excluding diaryl/α,β-unsaturated/α-hetero) is 1. The van der Waals surface area contributed by atoms with Crippen LogP contribution in [0.1, 0.15) is 22.5 Å². The Hall–Kier alpha value is -1.20. The Labute approximate surface area is 111 Å². The minimum atomic E-state index is 0.0764. The fourth-order valence-electron chi connectivity index (χ4n) is 1.99. The van der Waals surface area contributed by atoms with Crippen molar-refractivity contribution in [2.75, 3.05) is 33.2 Å². The molecule has 1 aromatic rings. The molecule has 0 saturated carbocycles. The van der Waals surface area contributed by atoms with Gasteiger partial charge in [-0.25, -0.2) is 0 Å². The second-order valence-electron chi connectivity index (χ2n) is 4.58. The van der Waals surface area contributed by atoms with E-state index in [-0.39, 0.29) is 11.7 Å². The first-order chi connectivity index (χ1) is 8.66. The average molecular weight is 266 g/mol. The number of ketones is 1. The van der Waals surface area contributed by atoms with Crippen molar-refractivity contribution in [3.8, 4) is 0 Å². The van der Waals surface area contributed by atoms with Gasteiger partial charge in [-0.15, -0.1) is 11.3 Å². The second-order valence-corrected chi connectivity index (χ2v) is 5.53. The largest absolute Gasteiger partial charge is 0.340 e. The summed E-state index contributed by atoms with van der Waals surface area (Å²) in [5.74, 6) is 0.181. The molecule has 1 aromatic heterocycles. The molecule has 2 rings (SSSR count). The Bertz CT molecular complexity index is 409. The number of carbonyl (C=O) groups is 2. The normalized spacial score (nSPS) is 16.8. The number of carbonyl (C=O) groups excluding carboxylic acids is 2. The van der Waals surface area contributed by atoms with Crippen molar-refractivity contribution in [1.82, 2.24) is 9.80 Å². The molecule has 18 heavy (non-hydrogen) atoms. The minimum Gasteiger partial charge on any atom is -0.340 e. The first kappa shape index (κ1) is 13.2. The summed E-state index contributed by atoms with van der Waals surface area (Å²) in [7, 11) is 2.06. The Morgan fingerprint density at radius 2 is 1.94 bits per heavy atom. The topological polar surface area (TPSA) is 40.6 Å². The fourth-order valence-corrected chi connectivity index (χ4v) is 2.69. The van der Waals surface area contributed by atoms with Crippen LogP contribution in [0.2, 0.25) is 0 Å². The van der Waals surface area contributed by atoms with E-state index in [9.17, 15) is 9.59 Å². The van der Waals surface area contributed by atoms with E-state index >= 15 is 0 Å². The summed E-state index contributed by atoms with van der Waals surface area (Å²) >= 11 is 1.44. The van der Waals surface area contributed by atoms with Crippen molar-refractivity contribution in [3.05, 3.63) is 22.4 Å². The van der Waals surface area contributed by atoms with Crippen molar-refractivity contribution < 1.29 is 9.59 Å². The van der Waals surface area contributed by atoms with Crippen LogP contribution in [0.5, 0.6) is 0 Å². The molecular formula is C13H18N2O2S. The minimum absolute atomic E-state index is 0.0764. The number of nitrogens with zero attached hydrogens (tertiary/aromatic N) is 2. The zero-order valence-electron chi connectivity index (χ0n) is 10.6. The van der Waals surface area contributed by atoms with Gasteiger partial charge in [-0.05, 0) is 18.5 Å². The maximum absolute atomic E-state index is 11.9. The highest BCUT2D eigenvalue weighted by atomic mass is 32.1. The Balaban J connectivity index is 1.76. The third-order valence-corrected chi connectivity index (χ3v) is 4.13. The zero-order chi connectivity index (χ0) is 13.0. The number of thiophene rings is 1. The summed E-state index contributed by atoms with van der Waals surface area (Å²) < 4.78 is 0. The molecule has 0 N–H and O–H groups in total. The van der Waals surface area contributed by atoms with Crippen molar-refractivity contribution >= 4 is 23.0 Å². The molecule has 0 unspecified atom stereocenters. The standard InChI is InChI=1S/C13H18N2O2S/c1-14-6-8-15(9-7-14)13(17)5-4-11(16)12-3-2-10-18-12/h2-3,10H,4-9H2,1H3. The van der Waals surface area contributed by atoms with Gasteiger partial charge in [0, 0.05) is 39.0 Å². The van der Waals surface area contributed by atoms with E-state index in [0.717, 1.165) is 31.1 Å². The van der Waals surface area contributed by atoms with Crippen LogP contribution in [0.15, 0.2) is 17.5 Å². The first-order valence-electron chi connectivity index (χ1n) is 6.20. The van der Waals surface area contributed by atoms with Crippen LogP contribution in [0.25, 0.3) is 0 Å². The van der Waals surface area contributed by atoms with Gasteiger partial charge in [0.15, 0.2) is 5.78 Å². The molecule has 4 nitrogen and oxygen atoms in total. The van der Waals surface area contributed by atoms with Crippen LogP contribution >= 0.6 is 11.3 Å². The van der Waals surface area contributed by atoms with Gasteiger partial charge in [-0.3, -0.25) is 9.59 Å². The predicted octanol–water partition coefficient (Wildman–Crippen LogP) is 1.48. The lowest BCUT2D eigenvalue weighted by atomic mass is 10.1. The van der Waals surface area contributed by atoms with E-state index in [1.54, 1.807) is 0 Å². The van der Waals surface area contributed by atoms with Gasteiger partial charge >= 0.3 is 0 Å². The summed E-state index contributed by atoms with van der Waals surface area (Å²) in [6, 6.07) is 3.67. The number of likely N-dealkylation sites (N-methyl/N-ethyl adjacent to an activating group) is 1. The number of rotatable bonds is 4. The van der Waals surface area contributed by atoms with Crippen molar-refractivity contribution in [2.24, 2.45) is 0 Å². The monoisotopic (exact) mass is 266 g/mol. The molecule has 1 aliphatic heterocycles. The lowest BCUT2D eigenvalue weighted by molar-refractivity contribution is -0.132. The third kappa shape index (κ3) is 3.40. The SMILES string of the molecule is CN1CCN(C(=O)CCC(=O)c2cccs2)CC1. The molecule has 1 fully saturated rings. The zero-order valence-corrected chi connectivity index (χ0v) is 11.4. The average Bonchev–Trinajstić information content (AvgIpc) is 2.90. The van der Waals surface area contributed by atoms with Gasteiger partial charge in [0.2, 0.25) is 5.91 Å². The highest BCUT2D eigenvalue weighted by Gasteiger charge is 2.19. The molecule has 0 aromatic carbocycles. The summed E-state index contributed by atoms with van der Waals surface area (Å²) in [5, 5.41) is 1.88. The maximum Gasteiger partial charge on any atom is 0.223 e. The van der Waals surface area contributed by atoms with Crippen LogP contribution in [0.3, 0.4) is 0 Å². The van der Waals surface area contributed by atoms with Crippen LogP contribution < -0.4 is 0 Å². The van der Waals surface area contributed by atoms with Crippen molar-refractivity contribution in [2.45, 2.75) is 12.8 Å². The Morgan fingerprint density at radius 3 is 2.56 bits per heavy atom. The van der Waals surface area contributed by atoms with Gasteiger partial charge in [-0.1, -0.05) is 6.07 Å². The molecule has 0 spiro atoms. The number of hydrogen-bond donors (Lipinski definition) is 0. The van der Waals surface area contributed by atoms with Crippen LogP contribution in [-0.2, 0) is 4.79 Å². The molecule has 1 amide bonds. The smallest absolute Gasteiger partial charge is 0.223 e. The van der Waals surface area contributed by atoms with Gasteiger partial charge in [0.1, 0.15) is 0 Å².